The number of unbranched alkanes of at least 4 members (excludes halogenated alkanes) is 1. The number of hydrogen-bond donors (Lipinski definition) is 1. The van der Waals surface area contributed by atoms with Crippen LogP contribution in [-0.4, -0.2) is 23.8 Å². The zero-order chi connectivity index (χ0) is 9.40. The lowest BCUT2D eigenvalue weighted by Crippen LogP contribution is -2.04. The maximum Gasteiger partial charge on any atom is 0.330 e. The molecule has 0 aliphatic heterocycles. The molecule has 0 radical (unpaired) electrons. The van der Waals surface area contributed by atoms with Crippen molar-refractivity contribution < 1.29 is 14.6 Å². The molecule has 70 valence electrons. The van der Waals surface area contributed by atoms with Crippen molar-refractivity contribution >= 4 is 5.97 Å². The van der Waals surface area contributed by atoms with Crippen LogP contribution in [0.15, 0.2) is 12.7 Å². The summed E-state index contributed by atoms with van der Waals surface area (Å²) in [6, 6.07) is 0. The van der Waals surface area contributed by atoms with Crippen LogP contribution in [0.4, 0.5) is 0 Å². The lowest BCUT2D eigenvalue weighted by molar-refractivity contribution is -0.137. The molecule has 0 bridgehead atoms. The van der Waals surface area contributed by atoms with Gasteiger partial charge >= 0.3 is 5.97 Å². The first kappa shape index (κ1) is 11.2. The molecule has 0 heterocycles. The smallest absolute Gasteiger partial charge is 0.330 e. The molecule has 3 heteroatoms. The van der Waals surface area contributed by atoms with Gasteiger partial charge in [-0.05, 0) is 26.2 Å². The fourth-order valence-electron chi connectivity index (χ4n) is 0.773. The Labute approximate surface area is 73.0 Å². The molecule has 0 spiro atoms. The Morgan fingerprint density at radius 2 is 2.33 bits per heavy atom. The van der Waals surface area contributed by atoms with Crippen molar-refractivity contribution in [2.45, 2.75) is 32.3 Å². The van der Waals surface area contributed by atoms with E-state index in [1.54, 1.807) is 6.92 Å². The average molecular weight is 172 g/mol. The average Bonchev–Trinajstić information content (AvgIpc) is 2.03. The fraction of sp³-hybridized carbons (Fsp3) is 0.667. The van der Waals surface area contributed by atoms with Crippen LogP contribution in [0.1, 0.15) is 26.2 Å². The Bertz CT molecular complexity index is 141. The summed E-state index contributed by atoms with van der Waals surface area (Å²) in [5.74, 6) is -0.382. The molecule has 0 saturated heterocycles. The van der Waals surface area contributed by atoms with Crippen LogP contribution in [0.25, 0.3) is 0 Å². The van der Waals surface area contributed by atoms with E-state index in [-0.39, 0.29) is 12.1 Å². The number of esters is 1. The van der Waals surface area contributed by atoms with Gasteiger partial charge < -0.3 is 9.84 Å². The number of aliphatic hydroxyl groups excluding tert-OH is 1. The molecule has 1 N–H and O–H groups in total. The predicted molar refractivity (Wildman–Crippen MR) is 46.7 cm³/mol. The van der Waals surface area contributed by atoms with Crippen LogP contribution in [-0.2, 0) is 9.53 Å². The first-order valence-corrected chi connectivity index (χ1v) is 4.14. The van der Waals surface area contributed by atoms with E-state index in [1.807, 2.05) is 0 Å². The highest BCUT2D eigenvalue weighted by Crippen LogP contribution is 2.00. The van der Waals surface area contributed by atoms with E-state index < -0.39 is 0 Å². The summed E-state index contributed by atoms with van der Waals surface area (Å²) in [5, 5.41) is 8.88. The third-order valence-corrected chi connectivity index (χ3v) is 1.43. The molecule has 3 nitrogen and oxygen atoms in total. The van der Waals surface area contributed by atoms with Gasteiger partial charge in [-0.1, -0.05) is 6.58 Å². The topological polar surface area (TPSA) is 46.5 Å². The molecule has 12 heavy (non-hydrogen) atoms. The molecule has 0 aliphatic carbocycles. The minimum absolute atomic E-state index is 0.264. The molecular formula is C9H16O3. The first-order chi connectivity index (χ1) is 5.66. The Balaban J connectivity index is 3.11. The third kappa shape index (κ3) is 7.28. The van der Waals surface area contributed by atoms with E-state index in [0.29, 0.717) is 6.61 Å². The summed E-state index contributed by atoms with van der Waals surface area (Å²) >= 11 is 0. The molecule has 0 aromatic heterocycles. The summed E-state index contributed by atoms with van der Waals surface area (Å²) in [5.41, 5.74) is 0. The molecular weight excluding hydrogens is 156 g/mol. The van der Waals surface area contributed by atoms with Crippen molar-refractivity contribution in [2.75, 3.05) is 6.61 Å². The summed E-state index contributed by atoms with van der Waals surface area (Å²) < 4.78 is 4.73. The maximum atomic E-state index is 10.5. The predicted octanol–water partition coefficient (Wildman–Crippen LogP) is 1.27. The van der Waals surface area contributed by atoms with Crippen LogP contribution < -0.4 is 0 Å². The van der Waals surface area contributed by atoms with Gasteiger partial charge in [0.25, 0.3) is 0 Å². The number of ether oxygens (including phenoxy) is 1. The van der Waals surface area contributed by atoms with Gasteiger partial charge in [0.2, 0.25) is 0 Å². The van der Waals surface area contributed by atoms with Gasteiger partial charge in [-0.3, -0.25) is 0 Å². The second-order valence-electron chi connectivity index (χ2n) is 2.72. The van der Waals surface area contributed by atoms with Crippen LogP contribution in [0.3, 0.4) is 0 Å². The zero-order valence-corrected chi connectivity index (χ0v) is 7.45. The third-order valence-electron chi connectivity index (χ3n) is 1.43. The highest BCUT2D eigenvalue weighted by Gasteiger charge is 1.97. The Kier molecular flexibility index (Phi) is 6.38. The number of aliphatic hydroxyl groups is 1. The number of hydrogen-bond acceptors (Lipinski definition) is 3. The van der Waals surface area contributed by atoms with Crippen molar-refractivity contribution in [2.24, 2.45) is 0 Å². The minimum atomic E-state index is -0.382. The van der Waals surface area contributed by atoms with Crippen LogP contribution in [0, 0.1) is 0 Å². The second-order valence-corrected chi connectivity index (χ2v) is 2.72. The summed E-state index contributed by atoms with van der Waals surface area (Å²) in [6.07, 6.45) is 3.31. The lowest BCUT2D eigenvalue weighted by Gasteiger charge is -2.03. The Hall–Kier alpha value is -0.830. The number of carbonyl (C=O) groups is 1. The maximum absolute atomic E-state index is 10.5. The second kappa shape index (κ2) is 6.85. The van der Waals surface area contributed by atoms with E-state index >= 15 is 0 Å². The largest absolute Gasteiger partial charge is 0.463 e. The van der Waals surface area contributed by atoms with E-state index in [2.05, 4.69) is 6.58 Å². The summed E-state index contributed by atoms with van der Waals surface area (Å²) in [7, 11) is 0. The van der Waals surface area contributed by atoms with Gasteiger partial charge in [-0.15, -0.1) is 0 Å². The fourth-order valence-corrected chi connectivity index (χ4v) is 0.773. The molecule has 0 rings (SSSR count). The highest BCUT2D eigenvalue weighted by molar-refractivity contribution is 5.81. The summed E-state index contributed by atoms with van der Waals surface area (Å²) in [4.78, 5) is 10.5. The molecule has 0 saturated carbocycles. The molecule has 0 amide bonds. The highest BCUT2D eigenvalue weighted by atomic mass is 16.5. The van der Waals surface area contributed by atoms with E-state index in [9.17, 15) is 4.79 Å². The molecule has 0 aromatic rings. The van der Waals surface area contributed by atoms with Gasteiger partial charge in [0.1, 0.15) is 0 Å². The standard InChI is InChI=1S/C9H16O3/c1-3-9(11)12-7-5-4-6-8(2)10/h3,8,10H,1,4-7H2,2H3/t8-/m0/s1. The van der Waals surface area contributed by atoms with Gasteiger partial charge in [0.05, 0.1) is 12.7 Å². The van der Waals surface area contributed by atoms with Crippen molar-refractivity contribution in [3.8, 4) is 0 Å². The van der Waals surface area contributed by atoms with Gasteiger partial charge in [0, 0.05) is 6.08 Å². The van der Waals surface area contributed by atoms with E-state index in [1.165, 1.54) is 0 Å². The van der Waals surface area contributed by atoms with Crippen molar-refractivity contribution in [1.29, 1.82) is 0 Å². The van der Waals surface area contributed by atoms with Gasteiger partial charge in [-0.25, -0.2) is 4.79 Å². The quantitative estimate of drug-likeness (QED) is 0.373. The van der Waals surface area contributed by atoms with Crippen molar-refractivity contribution in [3.63, 3.8) is 0 Å². The van der Waals surface area contributed by atoms with Crippen molar-refractivity contribution in [1.82, 2.24) is 0 Å². The van der Waals surface area contributed by atoms with Crippen LogP contribution in [0.5, 0.6) is 0 Å². The lowest BCUT2D eigenvalue weighted by atomic mass is 10.2. The molecule has 0 aromatic carbocycles. The minimum Gasteiger partial charge on any atom is -0.463 e. The number of rotatable bonds is 6. The Morgan fingerprint density at radius 3 is 2.83 bits per heavy atom. The Morgan fingerprint density at radius 1 is 1.67 bits per heavy atom. The summed E-state index contributed by atoms with van der Waals surface area (Å²) in [6.45, 7) is 5.43. The van der Waals surface area contributed by atoms with Gasteiger partial charge in [0.15, 0.2) is 0 Å². The van der Waals surface area contributed by atoms with Crippen LogP contribution >= 0.6 is 0 Å². The molecule has 0 fully saturated rings. The normalized spacial score (nSPS) is 12.2. The number of carbonyl (C=O) groups excluding carboxylic acids is 1. The molecule has 1 atom stereocenters. The molecule has 0 aliphatic rings. The SMILES string of the molecule is C=CC(=O)OCCCC[C@H](C)O. The van der Waals surface area contributed by atoms with Gasteiger partial charge in [-0.2, -0.15) is 0 Å². The van der Waals surface area contributed by atoms with Crippen molar-refractivity contribution in [3.05, 3.63) is 12.7 Å². The zero-order valence-electron chi connectivity index (χ0n) is 7.45. The van der Waals surface area contributed by atoms with E-state index in [4.69, 9.17) is 9.84 Å². The van der Waals surface area contributed by atoms with E-state index in [0.717, 1.165) is 25.3 Å². The molecule has 0 unspecified atom stereocenters. The monoisotopic (exact) mass is 172 g/mol. The first-order valence-electron chi connectivity index (χ1n) is 4.14. The van der Waals surface area contributed by atoms with Crippen LogP contribution in [0.2, 0.25) is 0 Å².